The average Bonchev–Trinajstić information content (AvgIpc) is 2.54. The Morgan fingerprint density at radius 3 is 2.22 bits per heavy atom. The Labute approximate surface area is 141 Å². The molecule has 0 aliphatic carbocycles. The van der Waals surface area contributed by atoms with Crippen molar-refractivity contribution in [3.8, 4) is 0 Å². The largest absolute Gasteiger partial charge is 0.397 e. The highest BCUT2D eigenvalue weighted by atomic mass is 32.2. The number of nitrogens with two attached hydrogens (primary N) is 1. The molecule has 0 heterocycles. The van der Waals surface area contributed by atoms with Gasteiger partial charge in [-0.05, 0) is 49.7 Å². The summed E-state index contributed by atoms with van der Waals surface area (Å²) in [7, 11) is 0. The summed E-state index contributed by atoms with van der Waals surface area (Å²) >= 11 is 1.77. The van der Waals surface area contributed by atoms with Crippen LogP contribution in [0.1, 0.15) is 11.1 Å². The summed E-state index contributed by atoms with van der Waals surface area (Å²) in [5.74, 6) is 0. The van der Waals surface area contributed by atoms with Crippen LogP contribution >= 0.6 is 11.8 Å². The average molecular weight is 320 g/mol. The van der Waals surface area contributed by atoms with Gasteiger partial charge in [-0.15, -0.1) is 0 Å². The van der Waals surface area contributed by atoms with E-state index in [0.717, 1.165) is 17.1 Å². The second kappa shape index (κ2) is 6.80. The monoisotopic (exact) mass is 320 g/mol. The standard InChI is InChI=1S/C20H20N2S/c1-14-11-12-19(15(2)13-14)23-20-10-6-5-9-18(20)22-17-8-4-3-7-16(17)21/h3-13,22H,21H2,1-2H3. The predicted molar refractivity (Wildman–Crippen MR) is 101 cm³/mol. The molecule has 0 saturated carbocycles. The Bertz CT molecular complexity index is 827. The lowest BCUT2D eigenvalue weighted by Gasteiger charge is -2.14. The van der Waals surface area contributed by atoms with Crippen molar-refractivity contribution in [3.05, 3.63) is 77.9 Å². The highest BCUT2D eigenvalue weighted by Crippen LogP contribution is 2.37. The van der Waals surface area contributed by atoms with Crippen molar-refractivity contribution in [3.63, 3.8) is 0 Å². The van der Waals surface area contributed by atoms with Crippen molar-refractivity contribution >= 4 is 28.8 Å². The van der Waals surface area contributed by atoms with Gasteiger partial charge in [-0.2, -0.15) is 0 Å². The fourth-order valence-corrected chi connectivity index (χ4v) is 3.42. The topological polar surface area (TPSA) is 38.0 Å². The molecule has 0 spiro atoms. The van der Waals surface area contributed by atoms with Gasteiger partial charge in [0, 0.05) is 9.79 Å². The van der Waals surface area contributed by atoms with E-state index in [2.05, 4.69) is 55.6 Å². The van der Waals surface area contributed by atoms with Gasteiger partial charge in [-0.25, -0.2) is 0 Å². The van der Waals surface area contributed by atoms with Gasteiger partial charge in [-0.1, -0.05) is 53.7 Å². The van der Waals surface area contributed by atoms with E-state index in [4.69, 9.17) is 5.73 Å². The third-order valence-electron chi connectivity index (χ3n) is 3.67. The second-order valence-electron chi connectivity index (χ2n) is 5.58. The number of hydrogen-bond acceptors (Lipinski definition) is 3. The lowest BCUT2D eigenvalue weighted by molar-refractivity contribution is 1.26. The van der Waals surface area contributed by atoms with Crippen LogP contribution in [0.4, 0.5) is 17.1 Å². The zero-order valence-corrected chi connectivity index (χ0v) is 14.2. The maximum Gasteiger partial charge on any atom is 0.0618 e. The molecule has 2 nitrogen and oxygen atoms in total. The van der Waals surface area contributed by atoms with Crippen LogP contribution < -0.4 is 11.1 Å². The number of hydrogen-bond donors (Lipinski definition) is 2. The SMILES string of the molecule is Cc1ccc(Sc2ccccc2Nc2ccccc2N)c(C)c1. The van der Waals surface area contributed by atoms with Crippen LogP contribution in [0, 0.1) is 13.8 Å². The molecule has 0 aliphatic rings. The molecule has 0 radical (unpaired) electrons. The molecule has 0 amide bonds. The van der Waals surface area contributed by atoms with Gasteiger partial charge >= 0.3 is 0 Å². The molecule has 116 valence electrons. The minimum atomic E-state index is 0.749. The number of rotatable bonds is 4. The van der Waals surface area contributed by atoms with Crippen molar-refractivity contribution < 1.29 is 0 Å². The van der Waals surface area contributed by atoms with E-state index in [1.54, 1.807) is 11.8 Å². The highest BCUT2D eigenvalue weighted by molar-refractivity contribution is 7.99. The summed E-state index contributed by atoms with van der Waals surface area (Å²) in [6.45, 7) is 4.27. The highest BCUT2D eigenvalue weighted by Gasteiger charge is 2.07. The van der Waals surface area contributed by atoms with E-state index in [1.807, 2.05) is 30.3 Å². The summed E-state index contributed by atoms with van der Waals surface area (Å²) in [5, 5.41) is 3.45. The summed E-state index contributed by atoms with van der Waals surface area (Å²) in [5.41, 5.74) is 11.4. The normalized spacial score (nSPS) is 10.5. The van der Waals surface area contributed by atoms with Gasteiger partial charge in [0.15, 0.2) is 0 Å². The van der Waals surface area contributed by atoms with E-state index < -0.39 is 0 Å². The van der Waals surface area contributed by atoms with E-state index in [1.165, 1.54) is 20.9 Å². The van der Waals surface area contributed by atoms with Crippen molar-refractivity contribution in [2.24, 2.45) is 0 Å². The van der Waals surface area contributed by atoms with Crippen molar-refractivity contribution in [1.29, 1.82) is 0 Å². The molecule has 0 bridgehead atoms. The molecule has 0 aromatic heterocycles. The Morgan fingerprint density at radius 2 is 1.48 bits per heavy atom. The fourth-order valence-electron chi connectivity index (χ4n) is 2.45. The lowest BCUT2D eigenvalue weighted by Crippen LogP contribution is -1.97. The smallest absolute Gasteiger partial charge is 0.0618 e. The summed E-state index contributed by atoms with van der Waals surface area (Å²) < 4.78 is 0. The molecule has 0 atom stereocenters. The van der Waals surface area contributed by atoms with Crippen LogP contribution in [0.15, 0.2) is 76.5 Å². The summed E-state index contributed by atoms with van der Waals surface area (Å²) in [6, 6.07) is 22.7. The van der Waals surface area contributed by atoms with Crippen LogP contribution in [0.3, 0.4) is 0 Å². The zero-order chi connectivity index (χ0) is 16.2. The summed E-state index contributed by atoms with van der Waals surface area (Å²) in [4.78, 5) is 2.45. The first-order valence-electron chi connectivity index (χ1n) is 7.59. The maximum atomic E-state index is 6.04. The Hall–Kier alpha value is -2.39. The maximum absolute atomic E-state index is 6.04. The number of anilines is 3. The van der Waals surface area contributed by atoms with Crippen molar-refractivity contribution in [2.45, 2.75) is 23.6 Å². The quantitative estimate of drug-likeness (QED) is 0.598. The van der Waals surface area contributed by atoms with Gasteiger partial charge < -0.3 is 11.1 Å². The van der Waals surface area contributed by atoms with Gasteiger partial charge in [-0.3, -0.25) is 0 Å². The Kier molecular flexibility index (Phi) is 4.58. The van der Waals surface area contributed by atoms with Crippen LogP contribution in [0.2, 0.25) is 0 Å². The zero-order valence-electron chi connectivity index (χ0n) is 13.3. The molecule has 0 unspecified atom stereocenters. The third-order valence-corrected chi connectivity index (χ3v) is 4.92. The third kappa shape index (κ3) is 3.69. The second-order valence-corrected chi connectivity index (χ2v) is 6.66. The summed E-state index contributed by atoms with van der Waals surface area (Å²) in [6.07, 6.45) is 0. The molecule has 3 N–H and O–H groups in total. The van der Waals surface area contributed by atoms with Crippen LogP contribution in [0.5, 0.6) is 0 Å². The molecule has 3 heteroatoms. The van der Waals surface area contributed by atoms with Gasteiger partial charge in [0.05, 0.1) is 17.1 Å². The molecule has 3 rings (SSSR count). The predicted octanol–water partition coefficient (Wildman–Crippen LogP) is 5.78. The molecule has 3 aromatic rings. The number of nitrogens with one attached hydrogen (secondary N) is 1. The van der Waals surface area contributed by atoms with E-state index in [-0.39, 0.29) is 0 Å². The van der Waals surface area contributed by atoms with Crippen LogP contribution in [0.25, 0.3) is 0 Å². The molecule has 3 aromatic carbocycles. The van der Waals surface area contributed by atoms with Crippen LogP contribution in [-0.2, 0) is 0 Å². The van der Waals surface area contributed by atoms with Gasteiger partial charge in [0.2, 0.25) is 0 Å². The number of para-hydroxylation sites is 3. The van der Waals surface area contributed by atoms with E-state index in [0.29, 0.717) is 0 Å². The minimum absolute atomic E-state index is 0.749. The molecular formula is C20H20N2S. The first kappa shape index (κ1) is 15.5. The molecule has 23 heavy (non-hydrogen) atoms. The lowest BCUT2D eigenvalue weighted by atomic mass is 10.2. The van der Waals surface area contributed by atoms with Gasteiger partial charge in [0.1, 0.15) is 0 Å². The molecule has 0 fully saturated rings. The van der Waals surface area contributed by atoms with Crippen molar-refractivity contribution in [1.82, 2.24) is 0 Å². The molecule has 0 saturated heterocycles. The minimum Gasteiger partial charge on any atom is -0.397 e. The Balaban J connectivity index is 1.90. The number of aryl methyl sites for hydroxylation is 2. The number of nitrogen functional groups attached to an aromatic ring is 1. The molecular weight excluding hydrogens is 300 g/mol. The fraction of sp³-hybridized carbons (Fsp3) is 0.100. The Morgan fingerprint density at radius 1 is 0.783 bits per heavy atom. The first-order valence-corrected chi connectivity index (χ1v) is 8.41. The first-order chi connectivity index (χ1) is 11.1. The van der Waals surface area contributed by atoms with Gasteiger partial charge in [0.25, 0.3) is 0 Å². The molecule has 0 aliphatic heterocycles. The van der Waals surface area contributed by atoms with E-state index >= 15 is 0 Å². The number of benzene rings is 3. The van der Waals surface area contributed by atoms with E-state index in [9.17, 15) is 0 Å². The van der Waals surface area contributed by atoms with Crippen molar-refractivity contribution in [2.75, 3.05) is 11.1 Å². The van der Waals surface area contributed by atoms with Crippen LogP contribution in [-0.4, -0.2) is 0 Å².